The van der Waals surface area contributed by atoms with Crippen LogP contribution in [0.1, 0.15) is 57.7 Å². The van der Waals surface area contributed by atoms with E-state index in [1.165, 1.54) is 0 Å². The summed E-state index contributed by atoms with van der Waals surface area (Å²) in [5.41, 5.74) is 1.09. The van der Waals surface area contributed by atoms with Gasteiger partial charge < -0.3 is 10.1 Å². The molecular weight excluding hydrogens is 341 g/mol. The minimum Gasteiger partial charge on any atom is -0.374 e. The Morgan fingerprint density at radius 3 is 2.44 bits per heavy atom. The number of hydrogen-bond acceptors (Lipinski definition) is 4. The summed E-state index contributed by atoms with van der Waals surface area (Å²) in [4.78, 5) is 9.20. The molecule has 0 aromatic carbocycles. The van der Waals surface area contributed by atoms with Crippen LogP contribution in [0.2, 0.25) is 0 Å². The van der Waals surface area contributed by atoms with E-state index in [-0.39, 0.29) is 6.10 Å². The lowest BCUT2D eigenvalue weighted by atomic mass is 10.1. The zero-order valence-corrected chi connectivity index (χ0v) is 13.9. The maximum atomic E-state index is 5.32. The first-order valence-corrected chi connectivity index (χ1v) is 7.43. The first-order chi connectivity index (χ1) is 8.51. The van der Waals surface area contributed by atoms with Gasteiger partial charge in [-0.15, -0.1) is 0 Å². The third-order valence-electron chi connectivity index (χ3n) is 2.70. The van der Waals surface area contributed by atoms with E-state index in [4.69, 9.17) is 4.74 Å². The van der Waals surface area contributed by atoms with Gasteiger partial charge in [-0.05, 0) is 41.9 Å². The van der Waals surface area contributed by atoms with Gasteiger partial charge in [-0.2, -0.15) is 0 Å². The molecule has 4 nitrogen and oxygen atoms in total. The third kappa shape index (κ3) is 3.78. The molecule has 1 rings (SSSR count). The highest BCUT2D eigenvalue weighted by atomic mass is 127. The van der Waals surface area contributed by atoms with Gasteiger partial charge in [0, 0.05) is 13.7 Å². The molecule has 0 aliphatic heterocycles. The normalized spacial score (nSPS) is 12.8. The van der Waals surface area contributed by atoms with E-state index in [2.05, 4.69) is 58.6 Å². The molecule has 0 spiro atoms. The van der Waals surface area contributed by atoms with Gasteiger partial charge in [-0.25, -0.2) is 9.97 Å². The average molecular weight is 363 g/mol. The van der Waals surface area contributed by atoms with Gasteiger partial charge in [0.2, 0.25) is 0 Å². The summed E-state index contributed by atoms with van der Waals surface area (Å²) in [6.45, 7) is 9.33. The molecule has 0 saturated heterocycles. The summed E-state index contributed by atoms with van der Waals surface area (Å²) in [5, 5.41) is 3.36. The standard InChI is InChI=1S/C13H22IN3O/c1-6-7-15-13-10(14)11(8(2)3)16-12(17-13)9(4)18-5/h8-9H,6-7H2,1-5H3,(H,15,16,17). The van der Waals surface area contributed by atoms with E-state index in [0.717, 1.165) is 33.9 Å². The Morgan fingerprint density at radius 2 is 1.94 bits per heavy atom. The van der Waals surface area contributed by atoms with Crippen LogP contribution in [0.15, 0.2) is 0 Å². The Kier molecular flexibility index (Phi) is 6.28. The molecule has 18 heavy (non-hydrogen) atoms. The second-order valence-corrected chi connectivity index (χ2v) is 5.67. The van der Waals surface area contributed by atoms with Gasteiger partial charge in [0.1, 0.15) is 11.9 Å². The Labute approximate surface area is 123 Å². The number of hydrogen-bond donors (Lipinski definition) is 1. The van der Waals surface area contributed by atoms with Crippen LogP contribution >= 0.6 is 22.6 Å². The van der Waals surface area contributed by atoms with Crippen LogP contribution in [-0.2, 0) is 4.74 Å². The van der Waals surface area contributed by atoms with Crippen LogP contribution < -0.4 is 5.32 Å². The third-order valence-corrected chi connectivity index (χ3v) is 3.76. The number of halogens is 1. The van der Waals surface area contributed by atoms with E-state index in [9.17, 15) is 0 Å². The fraction of sp³-hybridized carbons (Fsp3) is 0.692. The van der Waals surface area contributed by atoms with Crippen molar-refractivity contribution in [3.05, 3.63) is 15.1 Å². The fourth-order valence-corrected chi connectivity index (χ4v) is 2.57. The topological polar surface area (TPSA) is 47.0 Å². The molecule has 0 aliphatic carbocycles. The van der Waals surface area contributed by atoms with Gasteiger partial charge in [-0.3, -0.25) is 0 Å². The molecule has 0 saturated carbocycles. The summed E-state index contributed by atoms with van der Waals surface area (Å²) in [5.74, 6) is 2.06. The van der Waals surface area contributed by atoms with Gasteiger partial charge in [0.15, 0.2) is 5.82 Å². The molecule has 0 aliphatic rings. The number of methoxy groups -OCH3 is 1. The van der Waals surface area contributed by atoms with E-state index in [1.54, 1.807) is 7.11 Å². The summed E-state index contributed by atoms with van der Waals surface area (Å²) < 4.78 is 6.43. The average Bonchev–Trinajstić information content (AvgIpc) is 2.36. The molecule has 1 N–H and O–H groups in total. The van der Waals surface area contributed by atoms with Crippen LogP contribution in [0.25, 0.3) is 0 Å². The summed E-state index contributed by atoms with van der Waals surface area (Å²) in [6, 6.07) is 0. The van der Waals surface area contributed by atoms with Gasteiger partial charge >= 0.3 is 0 Å². The second kappa shape index (κ2) is 7.23. The van der Waals surface area contributed by atoms with Crippen molar-refractivity contribution in [2.75, 3.05) is 19.0 Å². The molecule has 0 radical (unpaired) electrons. The molecule has 0 fully saturated rings. The van der Waals surface area contributed by atoms with E-state index >= 15 is 0 Å². The highest BCUT2D eigenvalue weighted by Crippen LogP contribution is 2.27. The molecule has 1 aromatic rings. The summed E-state index contributed by atoms with van der Waals surface area (Å²) in [6.07, 6.45) is 0.994. The van der Waals surface area contributed by atoms with Crippen molar-refractivity contribution in [1.82, 2.24) is 9.97 Å². The number of nitrogens with zero attached hydrogens (tertiary/aromatic N) is 2. The minimum absolute atomic E-state index is 0.0818. The van der Waals surface area contributed by atoms with Crippen LogP contribution in [0.4, 0.5) is 5.82 Å². The van der Waals surface area contributed by atoms with Gasteiger partial charge in [0.05, 0.1) is 9.26 Å². The van der Waals surface area contributed by atoms with Crippen molar-refractivity contribution in [1.29, 1.82) is 0 Å². The Hall–Kier alpha value is -0.430. The molecule has 0 bridgehead atoms. The lowest BCUT2D eigenvalue weighted by Crippen LogP contribution is -2.13. The highest BCUT2D eigenvalue weighted by molar-refractivity contribution is 14.1. The molecule has 102 valence electrons. The predicted octanol–water partition coefficient (Wildman–Crippen LogP) is 3.73. The number of ether oxygens (including phenoxy) is 1. The number of rotatable bonds is 6. The van der Waals surface area contributed by atoms with Gasteiger partial charge in [-0.1, -0.05) is 20.8 Å². The molecule has 0 amide bonds. The molecule has 1 heterocycles. The summed E-state index contributed by atoms with van der Waals surface area (Å²) >= 11 is 2.32. The lowest BCUT2D eigenvalue weighted by Gasteiger charge is -2.17. The van der Waals surface area contributed by atoms with Gasteiger partial charge in [0.25, 0.3) is 0 Å². The van der Waals surface area contributed by atoms with Crippen molar-refractivity contribution in [2.45, 2.75) is 46.1 Å². The molecular formula is C13H22IN3O. The van der Waals surface area contributed by atoms with Crippen LogP contribution in [0, 0.1) is 3.57 Å². The van der Waals surface area contributed by atoms with Crippen molar-refractivity contribution in [3.63, 3.8) is 0 Å². The minimum atomic E-state index is -0.0818. The molecule has 1 unspecified atom stereocenters. The SMILES string of the molecule is CCCNc1nc(C(C)OC)nc(C(C)C)c1I. The molecule has 1 atom stereocenters. The maximum absolute atomic E-state index is 5.32. The zero-order chi connectivity index (χ0) is 13.7. The Morgan fingerprint density at radius 1 is 1.28 bits per heavy atom. The van der Waals surface area contributed by atoms with Crippen molar-refractivity contribution < 1.29 is 4.74 Å². The monoisotopic (exact) mass is 363 g/mol. The van der Waals surface area contributed by atoms with E-state index in [1.807, 2.05) is 6.92 Å². The van der Waals surface area contributed by atoms with Crippen LogP contribution in [0.5, 0.6) is 0 Å². The van der Waals surface area contributed by atoms with Crippen molar-refractivity contribution in [3.8, 4) is 0 Å². The van der Waals surface area contributed by atoms with Crippen LogP contribution in [0.3, 0.4) is 0 Å². The van der Waals surface area contributed by atoms with Crippen molar-refractivity contribution in [2.24, 2.45) is 0 Å². The Balaban J connectivity index is 3.18. The first-order valence-electron chi connectivity index (χ1n) is 6.35. The number of anilines is 1. The predicted molar refractivity (Wildman–Crippen MR) is 83.0 cm³/mol. The Bertz CT molecular complexity index is 396. The number of aromatic nitrogens is 2. The fourth-order valence-electron chi connectivity index (χ4n) is 1.51. The van der Waals surface area contributed by atoms with E-state index < -0.39 is 0 Å². The smallest absolute Gasteiger partial charge is 0.159 e. The molecule has 5 heteroatoms. The first kappa shape index (κ1) is 15.6. The highest BCUT2D eigenvalue weighted by Gasteiger charge is 2.17. The largest absolute Gasteiger partial charge is 0.374 e. The second-order valence-electron chi connectivity index (χ2n) is 4.59. The maximum Gasteiger partial charge on any atom is 0.159 e. The summed E-state index contributed by atoms with van der Waals surface area (Å²) in [7, 11) is 1.68. The number of nitrogens with one attached hydrogen (secondary N) is 1. The molecule has 1 aromatic heterocycles. The van der Waals surface area contributed by atoms with E-state index in [0.29, 0.717) is 5.92 Å². The lowest BCUT2D eigenvalue weighted by molar-refractivity contribution is 0.112. The quantitative estimate of drug-likeness (QED) is 0.783. The van der Waals surface area contributed by atoms with Crippen molar-refractivity contribution >= 4 is 28.4 Å². The zero-order valence-electron chi connectivity index (χ0n) is 11.7. The van der Waals surface area contributed by atoms with Crippen LogP contribution in [-0.4, -0.2) is 23.6 Å².